The minimum Gasteiger partial charge on any atom is -0.338 e. The molecule has 100 valence electrons. The van der Waals surface area contributed by atoms with E-state index < -0.39 is 0 Å². The largest absolute Gasteiger partial charge is 0.338 e. The van der Waals surface area contributed by atoms with E-state index in [-0.39, 0.29) is 5.91 Å². The summed E-state index contributed by atoms with van der Waals surface area (Å²) in [7, 11) is 0. The molecule has 2 heterocycles. The smallest absolute Gasteiger partial charge is 0.264 e. The third-order valence-corrected chi connectivity index (χ3v) is 4.67. The zero-order valence-corrected chi connectivity index (χ0v) is 12.1. The molecule has 3 nitrogen and oxygen atoms in total. The number of nitrogens with zero attached hydrogens (tertiary/aromatic N) is 1. The Bertz CT molecular complexity index is 396. The normalized spacial score (nSPS) is 16.8. The maximum Gasteiger partial charge on any atom is 0.264 e. The van der Waals surface area contributed by atoms with Crippen LogP contribution in [0.25, 0.3) is 0 Å². The van der Waals surface area contributed by atoms with Crippen LogP contribution in [-0.2, 0) is 0 Å². The van der Waals surface area contributed by atoms with Crippen molar-refractivity contribution in [2.24, 2.45) is 5.92 Å². The molecule has 0 atom stereocenters. The van der Waals surface area contributed by atoms with E-state index in [1.807, 2.05) is 23.3 Å². The Balaban J connectivity index is 1.99. The molecule has 18 heavy (non-hydrogen) atoms. The third kappa shape index (κ3) is 3.12. The Kier molecular flexibility index (Phi) is 4.78. The van der Waals surface area contributed by atoms with Crippen molar-refractivity contribution in [2.45, 2.75) is 26.7 Å². The molecule has 1 fully saturated rings. The molecule has 1 aromatic rings. The lowest BCUT2D eigenvalue weighted by molar-refractivity contribution is 0.0731. The van der Waals surface area contributed by atoms with Crippen LogP contribution in [0.2, 0.25) is 0 Å². The van der Waals surface area contributed by atoms with Crippen LogP contribution < -0.4 is 5.32 Å². The van der Waals surface area contributed by atoms with E-state index in [0.29, 0.717) is 5.92 Å². The van der Waals surface area contributed by atoms with Gasteiger partial charge < -0.3 is 10.2 Å². The summed E-state index contributed by atoms with van der Waals surface area (Å²) in [6, 6.07) is 2.02. The first-order chi connectivity index (χ1) is 8.72. The lowest BCUT2D eigenvalue weighted by Crippen LogP contribution is -2.39. The van der Waals surface area contributed by atoms with E-state index in [2.05, 4.69) is 12.2 Å². The fourth-order valence-electron chi connectivity index (χ4n) is 2.47. The van der Waals surface area contributed by atoms with Crippen LogP contribution in [-0.4, -0.2) is 37.0 Å². The van der Waals surface area contributed by atoms with Crippen LogP contribution >= 0.6 is 11.3 Å². The number of piperidine rings is 1. The standard InChI is InChI=1S/C14H22N2OS/c1-3-16(10-12-4-7-15-8-5-12)14(17)13-11(2)6-9-18-13/h6,9,12,15H,3-5,7-8,10H2,1-2H3. The molecule has 0 radical (unpaired) electrons. The Hall–Kier alpha value is -0.870. The SMILES string of the molecule is CCN(CC1CCNCC1)C(=O)c1sccc1C. The van der Waals surface area contributed by atoms with Crippen molar-refractivity contribution >= 4 is 17.2 Å². The number of thiophene rings is 1. The molecule has 4 heteroatoms. The highest BCUT2D eigenvalue weighted by Gasteiger charge is 2.22. The minimum absolute atomic E-state index is 0.212. The van der Waals surface area contributed by atoms with Crippen LogP contribution in [0, 0.1) is 12.8 Å². The monoisotopic (exact) mass is 266 g/mol. The van der Waals surface area contributed by atoms with Gasteiger partial charge in [0.15, 0.2) is 0 Å². The van der Waals surface area contributed by atoms with Crippen LogP contribution in [0.1, 0.15) is 35.0 Å². The second-order valence-electron chi connectivity index (χ2n) is 4.97. The third-order valence-electron chi connectivity index (χ3n) is 3.66. The van der Waals surface area contributed by atoms with Gasteiger partial charge in [0.2, 0.25) is 0 Å². The zero-order chi connectivity index (χ0) is 13.0. The average Bonchev–Trinajstić information content (AvgIpc) is 2.82. The van der Waals surface area contributed by atoms with E-state index >= 15 is 0 Å². The number of amides is 1. The van der Waals surface area contributed by atoms with Crippen molar-refractivity contribution in [3.05, 3.63) is 21.9 Å². The lowest BCUT2D eigenvalue weighted by atomic mass is 9.97. The average molecular weight is 266 g/mol. The summed E-state index contributed by atoms with van der Waals surface area (Å²) in [5.74, 6) is 0.874. The van der Waals surface area contributed by atoms with Crippen LogP contribution in [0.5, 0.6) is 0 Å². The Morgan fingerprint density at radius 1 is 1.50 bits per heavy atom. The summed E-state index contributed by atoms with van der Waals surface area (Å²) in [4.78, 5) is 15.4. The number of rotatable bonds is 4. The molecule has 1 N–H and O–H groups in total. The lowest BCUT2D eigenvalue weighted by Gasteiger charge is -2.29. The number of hydrogen-bond acceptors (Lipinski definition) is 3. The predicted molar refractivity (Wildman–Crippen MR) is 76.2 cm³/mol. The first kappa shape index (κ1) is 13.6. The summed E-state index contributed by atoms with van der Waals surface area (Å²) >= 11 is 1.56. The molecule has 0 unspecified atom stereocenters. The van der Waals surface area contributed by atoms with Gasteiger partial charge in [-0.2, -0.15) is 0 Å². The first-order valence-corrected chi connectivity index (χ1v) is 7.64. The van der Waals surface area contributed by atoms with Gasteiger partial charge in [-0.05, 0) is 62.7 Å². The number of carbonyl (C=O) groups excluding carboxylic acids is 1. The first-order valence-electron chi connectivity index (χ1n) is 6.76. The minimum atomic E-state index is 0.212. The van der Waals surface area contributed by atoms with Crippen molar-refractivity contribution in [1.82, 2.24) is 10.2 Å². The van der Waals surface area contributed by atoms with Gasteiger partial charge in [0, 0.05) is 13.1 Å². The molecule has 2 rings (SSSR count). The molecule has 1 amide bonds. The van der Waals surface area contributed by atoms with Gasteiger partial charge >= 0.3 is 0 Å². The van der Waals surface area contributed by atoms with Crippen molar-refractivity contribution in [1.29, 1.82) is 0 Å². The van der Waals surface area contributed by atoms with Crippen LogP contribution in [0.3, 0.4) is 0 Å². The Morgan fingerprint density at radius 2 is 2.22 bits per heavy atom. The highest BCUT2D eigenvalue weighted by molar-refractivity contribution is 7.12. The van der Waals surface area contributed by atoms with Gasteiger partial charge in [0.1, 0.15) is 0 Å². The highest BCUT2D eigenvalue weighted by Crippen LogP contribution is 2.20. The molecular weight excluding hydrogens is 244 g/mol. The predicted octanol–water partition coefficient (Wildman–Crippen LogP) is 2.52. The van der Waals surface area contributed by atoms with Gasteiger partial charge in [-0.1, -0.05) is 0 Å². The second-order valence-corrected chi connectivity index (χ2v) is 5.89. The molecule has 0 aromatic carbocycles. The van der Waals surface area contributed by atoms with Gasteiger partial charge in [-0.25, -0.2) is 0 Å². The fraction of sp³-hybridized carbons (Fsp3) is 0.643. The molecule has 1 saturated heterocycles. The molecule has 1 aliphatic heterocycles. The fourth-order valence-corrected chi connectivity index (χ4v) is 3.36. The number of hydrogen-bond donors (Lipinski definition) is 1. The molecule has 0 aliphatic carbocycles. The molecule has 1 aromatic heterocycles. The van der Waals surface area contributed by atoms with E-state index in [9.17, 15) is 4.79 Å². The van der Waals surface area contributed by atoms with Crippen molar-refractivity contribution in [3.8, 4) is 0 Å². The van der Waals surface area contributed by atoms with Crippen molar-refractivity contribution in [2.75, 3.05) is 26.2 Å². The van der Waals surface area contributed by atoms with Crippen LogP contribution in [0.4, 0.5) is 0 Å². The quantitative estimate of drug-likeness (QED) is 0.908. The number of nitrogens with one attached hydrogen (secondary N) is 1. The van der Waals surface area contributed by atoms with Crippen LogP contribution in [0.15, 0.2) is 11.4 Å². The van der Waals surface area contributed by atoms with Gasteiger partial charge in [-0.3, -0.25) is 4.79 Å². The Morgan fingerprint density at radius 3 is 2.78 bits per heavy atom. The molecule has 0 bridgehead atoms. The Labute approximate surface area is 113 Å². The van der Waals surface area contributed by atoms with E-state index in [1.54, 1.807) is 11.3 Å². The van der Waals surface area contributed by atoms with E-state index in [0.717, 1.165) is 36.6 Å². The number of aryl methyl sites for hydroxylation is 1. The maximum atomic E-state index is 12.5. The summed E-state index contributed by atoms with van der Waals surface area (Å²) in [5, 5.41) is 5.37. The second kappa shape index (κ2) is 6.34. The molecule has 0 spiro atoms. The van der Waals surface area contributed by atoms with E-state index in [4.69, 9.17) is 0 Å². The highest BCUT2D eigenvalue weighted by atomic mass is 32.1. The van der Waals surface area contributed by atoms with E-state index in [1.165, 1.54) is 12.8 Å². The molecular formula is C14H22N2OS. The van der Waals surface area contributed by atoms with Crippen molar-refractivity contribution in [3.63, 3.8) is 0 Å². The number of carbonyl (C=O) groups is 1. The maximum absolute atomic E-state index is 12.5. The van der Waals surface area contributed by atoms with Gasteiger partial charge in [0.25, 0.3) is 5.91 Å². The van der Waals surface area contributed by atoms with Gasteiger partial charge in [-0.15, -0.1) is 11.3 Å². The molecule has 0 saturated carbocycles. The summed E-state index contributed by atoms with van der Waals surface area (Å²) in [5.41, 5.74) is 1.11. The van der Waals surface area contributed by atoms with Crippen molar-refractivity contribution < 1.29 is 4.79 Å². The summed E-state index contributed by atoms with van der Waals surface area (Å²) in [6.45, 7) is 7.99. The zero-order valence-electron chi connectivity index (χ0n) is 11.2. The summed E-state index contributed by atoms with van der Waals surface area (Å²) in [6.07, 6.45) is 2.38. The summed E-state index contributed by atoms with van der Waals surface area (Å²) < 4.78 is 0. The topological polar surface area (TPSA) is 32.3 Å². The van der Waals surface area contributed by atoms with Gasteiger partial charge in [0.05, 0.1) is 4.88 Å². The molecule has 1 aliphatic rings.